The standard InChI is InChI=1S/C16H18N2O2/c1-3-12-5-4-6-13(10-12)20-15-9-11(2)7-8-14(15)16(17)18-19/h4-10,19H,3H2,1-2H3,(H2,17,18). The molecule has 4 nitrogen and oxygen atoms in total. The number of hydrogen-bond donors (Lipinski definition) is 2. The van der Waals surface area contributed by atoms with Gasteiger partial charge in [0.2, 0.25) is 0 Å². The van der Waals surface area contributed by atoms with E-state index in [1.54, 1.807) is 6.07 Å². The van der Waals surface area contributed by atoms with Crippen molar-refractivity contribution in [3.8, 4) is 11.5 Å². The zero-order valence-corrected chi connectivity index (χ0v) is 11.6. The molecule has 0 fully saturated rings. The summed E-state index contributed by atoms with van der Waals surface area (Å²) >= 11 is 0. The molecule has 0 aliphatic heterocycles. The molecule has 0 radical (unpaired) electrons. The predicted molar refractivity (Wildman–Crippen MR) is 79.6 cm³/mol. The van der Waals surface area contributed by atoms with Gasteiger partial charge in [0.25, 0.3) is 0 Å². The number of amidine groups is 1. The van der Waals surface area contributed by atoms with Crippen molar-refractivity contribution in [2.75, 3.05) is 0 Å². The fourth-order valence-electron chi connectivity index (χ4n) is 1.94. The molecule has 0 atom stereocenters. The van der Waals surface area contributed by atoms with Crippen LogP contribution in [0.3, 0.4) is 0 Å². The van der Waals surface area contributed by atoms with Crippen LogP contribution in [0.5, 0.6) is 11.5 Å². The van der Waals surface area contributed by atoms with Crippen LogP contribution in [0, 0.1) is 6.92 Å². The van der Waals surface area contributed by atoms with Crippen molar-refractivity contribution in [2.45, 2.75) is 20.3 Å². The molecular formula is C16H18N2O2. The molecular weight excluding hydrogens is 252 g/mol. The summed E-state index contributed by atoms with van der Waals surface area (Å²) in [6.07, 6.45) is 0.943. The van der Waals surface area contributed by atoms with Gasteiger partial charge in [-0.25, -0.2) is 0 Å². The fourth-order valence-corrected chi connectivity index (χ4v) is 1.94. The van der Waals surface area contributed by atoms with Gasteiger partial charge < -0.3 is 15.7 Å². The van der Waals surface area contributed by atoms with E-state index in [0.717, 1.165) is 17.7 Å². The van der Waals surface area contributed by atoms with E-state index in [1.165, 1.54) is 5.56 Å². The average Bonchev–Trinajstić information content (AvgIpc) is 2.47. The first-order valence-corrected chi connectivity index (χ1v) is 6.49. The van der Waals surface area contributed by atoms with Gasteiger partial charge >= 0.3 is 0 Å². The van der Waals surface area contributed by atoms with Gasteiger partial charge in [-0.1, -0.05) is 30.3 Å². The van der Waals surface area contributed by atoms with Crippen LogP contribution >= 0.6 is 0 Å². The lowest BCUT2D eigenvalue weighted by Gasteiger charge is -2.12. The third kappa shape index (κ3) is 3.09. The molecule has 0 aliphatic carbocycles. The van der Waals surface area contributed by atoms with Crippen LogP contribution in [0.2, 0.25) is 0 Å². The first-order chi connectivity index (χ1) is 9.63. The molecule has 104 valence electrons. The third-order valence-corrected chi connectivity index (χ3v) is 3.06. The molecule has 4 heteroatoms. The highest BCUT2D eigenvalue weighted by atomic mass is 16.5. The maximum absolute atomic E-state index is 8.84. The van der Waals surface area contributed by atoms with Crippen molar-refractivity contribution in [1.29, 1.82) is 0 Å². The van der Waals surface area contributed by atoms with E-state index in [2.05, 4.69) is 12.1 Å². The van der Waals surface area contributed by atoms with Crippen LogP contribution in [0.25, 0.3) is 0 Å². The highest BCUT2D eigenvalue weighted by Crippen LogP contribution is 2.27. The minimum atomic E-state index is 0.0339. The van der Waals surface area contributed by atoms with E-state index in [-0.39, 0.29) is 5.84 Å². The van der Waals surface area contributed by atoms with E-state index in [4.69, 9.17) is 15.7 Å². The van der Waals surface area contributed by atoms with E-state index in [9.17, 15) is 0 Å². The Hall–Kier alpha value is -2.49. The number of benzene rings is 2. The molecule has 0 saturated carbocycles. The Bertz CT molecular complexity index is 636. The number of nitrogens with two attached hydrogens (primary N) is 1. The monoisotopic (exact) mass is 270 g/mol. The molecule has 0 spiro atoms. The fraction of sp³-hybridized carbons (Fsp3) is 0.188. The molecule has 0 heterocycles. The quantitative estimate of drug-likeness (QED) is 0.387. The largest absolute Gasteiger partial charge is 0.457 e. The summed E-state index contributed by atoms with van der Waals surface area (Å²) in [4.78, 5) is 0. The number of rotatable bonds is 4. The first kappa shape index (κ1) is 13.9. The SMILES string of the molecule is CCc1cccc(Oc2cc(C)ccc2C(N)=NO)c1. The van der Waals surface area contributed by atoms with Gasteiger partial charge in [0.05, 0.1) is 5.56 Å². The highest BCUT2D eigenvalue weighted by Gasteiger charge is 2.10. The first-order valence-electron chi connectivity index (χ1n) is 6.49. The van der Waals surface area contributed by atoms with Crippen LogP contribution in [-0.2, 0) is 6.42 Å². The van der Waals surface area contributed by atoms with E-state index in [1.807, 2.05) is 43.3 Å². The van der Waals surface area contributed by atoms with Gasteiger partial charge in [0.1, 0.15) is 11.5 Å². The van der Waals surface area contributed by atoms with Crippen molar-refractivity contribution in [2.24, 2.45) is 10.9 Å². The molecule has 0 bridgehead atoms. The third-order valence-electron chi connectivity index (χ3n) is 3.06. The number of ether oxygens (including phenoxy) is 1. The zero-order valence-electron chi connectivity index (χ0n) is 11.6. The summed E-state index contributed by atoms with van der Waals surface area (Å²) in [5.41, 5.74) is 8.48. The lowest BCUT2D eigenvalue weighted by atomic mass is 10.1. The number of oxime groups is 1. The van der Waals surface area contributed by atoms with Crippen molar-refractivity contribution in [3.05, 3.63) is 59.2 Å². The Morgan fingerprint density at radius 3 is 2.75 bits per heavy atom. The molecule has 2 aromatic carbocycles. The Kier molecular flexibility index (Phi) is 4.25. The Labute approximate surface area is 118 Å². The van der Waals surface area contributed by atoms with Crippen molar-refractivity contribution >= 4 is 5.84 Å². The summed E-state index contributed by atoms with van der Waals surface area (Å²) in [5.74, 6) is 1.35. The summed E-state index contributed by atoms with van der Waals surface area (Å²) < 4.78 is 5.88. The average molecular weight is 270 g/mol. The Balaban J connectivity index is 2.39. The van der Waals surface area contributed by atoms with Crippen molar-refractivity contribution < 1.29 is 9.94 Å². The van der Waals surface area contributed by atoms with Gasteiger partial charge in [-0.3, -0.25) is 0 Å². The molecule has 0 aliphatic rings. The van der Waals surface area contributed by atoms with E-state index in [0.29, 0.717) is 11.3 Å². The number of nitrogens with zero attached hydrogens (tertiary/aromatic N) is 1. The molecule has 2 rings (SSSR count). The van der Waals surface area contributed by atoms with Crippen molar-refractivity contribution in [3.63, 3.8) is 0 Å². The zero-order chi connectivity index (χ0) is 14.5. The van der Waals surface area contributed by atoms with Gasteiger partial charge in [0.15, 0.2) is 5.84 Å². The van der Waals surface area contributed by atoms with Crippen LogP contribution in [0.1, 0.15) is 23.6 Å². The van der Waals surface area contributed by atoms with Crippen LogP contribution in [-0.4, -0.2) is 11.0 Å². The van der Waals surface area contributed by atoms with Crippen LogP contribution in [0.4, 0.5) is 0 Å². The van der Waals surface area contributed by atoms with Crippen LogP contribution < -0.4 is 10.5 Å². The normalized spacial score (nSPS) is 11.4. The minimum absolute atomic E-state index is 0.0339. The summed E-state index contributed by atoms with van der Waals surface area (Å²) in [5, 5.41) is 11.9. The number of hydrogen-bond acceptors (Lipinski definition) is 3. The second kappa shape index (κ2) is 6.10. The van der Waals surface area contributed by atoms with E-state index >= 15 is 0 Å². The van der Waals surface area contributed by atoms with Gasteiger partial charge in [-0.05, 0) is 48.7 Å². The number of aryl methyl sites for hydroxylation is 2. The molecule has 0 unspecified atom stereocenters. The molecule has 2 aromatic rings. The Morgan fingerprint density at radius 1 is 1.25 bits per heavy atom. The topological polar surface area (TPSA) is 67.8 Å². The van der Waals surface area contributed by atoms with Gasteiger partial charge in [0, 0.05) is 0 Å². The molecule has 3 N–H and O–H groups in total. The van der Waals surface area contributed by atoms with Crippen molar-refractivity contribution in [1.82, 2.24) is 0 Å². The smallest absolute Gasteiger partial charge is 0.173 e. The minimum Gasteiger partial charge on any atom is -0.457 e. The van der Waals surface area contributed by atoms with Crippen LogP contribution in [0.15, 0.2) is 47.6 Å². The second-order valence-electron chi connectivity index (χ2n) is 4.59. The lowest BCUT2D eigenvalue weighted by Crippen LogP contribution is -2.14. The Morgan fingerprint density at radius 2 is 2.05 bits per heavy atom. The molecule has 20 heavy (non-hydrogen) atoms. The maximum atomic E-state index is 8.84. The summed E-state index contributed by atoms with van der Waals surface area (Å²) in [7, 11) is 0. The molecule has 0 aromatic heterocycles. The molecule has 0 amide bonds. The van der Waals surface area contributed by atoms with Gasteiger partial charge in [-0.2, -0.15) is 0 Å². The summed E-state index contributed by atoms with van der Waals surface area (Å²) in [6.45, 7) is 4.05. The highest BCUT2D eigenvalue weighted by molar-refractivity contribution is 5.99. The van der Waals surface area contributed by atoms with E-state index < -0.39 is 0 Å². The second-order valence-corrected chi connectivity index (χ2v) is 4.59. The molecule has 0 saturated heterocycles. The maximum Gasteiger partial charge on any atom is 0.173 e. The lowest BCUT2D eigenvalue weighted by molar-refractivity contribution is 0.318. The predicted octanol–water partition coefficient (Wildman–Crippen LogP) is 3.44. The van der Waals surface area contributed by atoms with Gasteiger partial charge in [-0.15, -0.1) is 0 Å². The summed E-state index contributed by atoms with van der Waals surface area (Å²) in [6, 6.07) is 13.4.